The van der Waals surface area contributed by atoms with Gasteiger partial charge in [-0.1, -0.05) is 31.4 Å². The second-order valence-electron chi connectivity index (χ2n) is 6.34. The van der Waals surface area contributed by atoms with Gasteiger partial charge in [0.15, 0.2) is 5.15 Å². The third kappa shape index (κ3) is 6.72. The Morgan fingerprint density at radius 3 is 3.00 bits per heavy atom. The number of halogens is 2. The first-order chi connectivity index (χ1) is 12.5. The monoisotopic (exact) mass is 446 g/mol. The molecule has 144 valence electrons. The van der Waals surface area contributed by atoms with Crippen molar-refractivity contribution in [2.45, 2.75) is 58.0 Å². The van der Waals surface area contributed by atoms with E-state index in [1.54, 1.807) is 0 Å². The zero-order valence-corrected chi connectivity index (χ0v) is 17.1. The molecule has 0 unspecified atom stereocenters. The van der Waals surface area contributed by atoms with Crippen LogP contribution < -0.4 is 10.6 Å². The molecule has 0 spiro atoms. The summed E-state index contributed by atoms with van der Waals surface area (Å²) in [6.07, 6.45) is 6.07. The summed E-state index contributed by atoms with van der Waals surface area (Å²) in [6, 6.07) is -0.0390. The van der Waals surface area contributed by atoms with Crippen molar-refractivity contribution >= 4 is 39.5 Å². The van der Waals surface area contributed by atoms with Crippen molar-refractivity contribution in [2.75, 3.05) is 6.61 Å². The summed E-state index contributed by atoms with van der Waals surface area (Å²) >= 11 is 9.23. The molecule has 1 aliphatic carbocycles. The minimum atomic E-state index is -0.402. The van der Waals surface area contributed by atoms with E-state index in [0.717, 1.165) is 32.1 Å². The van der Waals surface area contributed by atoms with E-state index in [1.165, 1.54) is 6.20 Å². The fourth-order valence-corrected chi connectivity index (χ4v) is 3.37. The number of amides is 2. The number of hydrogen-bond acceptors (Lipinski definition) is 5. The third-order valence-electron chi connectivity index (χ3n) is 4.29. The van der Waals surface area contributed by atoms with Crippen LogP contribution in [0.5, 0.6) is 0 Å². The van der Waals surface area contributed by atoms with Gasteiger partial charge in [-0.3, -0.25) is 4.79 Å². The maximum absolute atomic E-state index is 12.5. The highest BCUT2D eigenvalue weighted by atomic mass is 79.9. The van der Waals surface area contributed by atoms with Gasteiger partial charge in [0.05, 0.1) is 25.0 Å². The van der Waals surface area contributed by atoms with Gasteiger partial charge in [-0.15, -0.1) is 0 Å². The molecule has 1 aliphatic rings. The number of hydrogen-bond donors (Lipinski definition) is 2. The Bertz CT molecular complexity index is 632. The molecule has 1 fully saturated rings. The highest BCUT2D eigenvalue weighted by Gasteiger charge is 2.28. The van der Waals surface area contributed by atoms with Crippen molar-refractivity contribution in [3.05, 3.63) is 21.6 Å². The summed E-state index contributed by atoms with van der Waals surface area (Å²) < 4.78 is 5.69. The van der Waals surface area contributed by atoms with Crippen molar-refractivity contribution in [1.82, 2.24) is 20.6 Å². The van der Waals surface area contributed by atoms with Crippen LogP contribution in [0.15, 0.2) is 10.8 Å². The van der Waals surface area contributed by atoms with Gasteiger partial charge in [0.1, 0.15) is 4.60 Å². The minimum Gasteiger partial charge on any atom is -0.450 e. The third-order valence-corrected chi connectivity index (χ3v) is 4.99. The summed E-state index contributed by atoms with van der Waals surface area (Å²) in [5, 5.41) is 5.99. The van der Waals surface area contributed by atoms with Crippen LogP contribution in [0.4, 0.5) is 4.79 Å². The average Bonchev–Trinajstić information content (AvgIpc) is 2.62. The maximum atomic E-state index is 12.5. The number of alkyl carbamates (subject to hydrolysis) is 1. The fourth-order valence-electron chi connectivity index (χ4n) is 2.89. The first kappa shape index (κ1) is 20.9. The summed E-state index contributed by atoms with van der Waals surface area (Å²) in [7, 11) is 0. The molecule has 0 aromatic carbocycles. The topological polar surface area (TPSA) is 93.2 Å². The molecular formula is C17H24BrClN4O3. The molecule has 2 N–H and O–H groups in total. The zero-order chi connectivity index (χ0) is 18.9. The van der Waals surface area contributed by atoms with Crippen LogP contribution in [0, 0.1) is 5.92 Å². The molecule has 0 radical (unpaired) electrons. The lowest BCUT2D eigenvalue weighted by Crippen LogP contribution is -2.42. The number of nitrogens with zero attached hydrogens (tertiary/aromatic N) is 2. The minimum absolute atomic E-state index is 0.0390. The number of aromatic nitrogens is 2. The lowest BCUT2D eigenvalue weighted by Gasteiger charge is -2.28. The SMILES string of the molecule is CCCCOC(=O)N[C@@H]1CCC[C@@H](C(=O)NCc2nc(Br)cnc2Cl)C1. The van der Waals surface area contributed by atoms with Crippen molar-refractivity contribution in [1.29, 1.82) is 0 Å². The first-order valence-electron chi connectivity index (χ1n) is 8.87. The first-order valence-corrected chi connectivity index (χ1v) is 10.0. The highest BCUT2D eigenvalue weighted by molar-refractivity contribution is 9.10. The Kier molecular flexibility index (Phi) is 8.58. The standard InChI is InChI=1S/C17H24BrClN4O3/c1-2-3-7-26-17(25)22-12-6-4-5-11(8-12)16(24)21-9-13-15(19)20-10-14(18)23-13/h10-12H,2-9H2,1H3,(H,21,24)(H,22,25)/t11-,12-/m1/s1. The molecule has 0 bridgehead atoms. The van der Waals surface area contributed by atoms with E-state index in [1.807, 2.05) is 6.92 Å². The number of nitrogens with one attached hydrogen (secondary N) is 2. The molecule has 2 atom stereocenters. The smallest absolute Gasteiger partial charge is 0.407 e. The largest absolute Gasteiger partial charge is 0.450 e. The van der Waals surface area contributed by atoms with E-state index in [4.69, 9.17) is 16.3 Å². The van der Waals surface area contributed by atoms with Crippen molar-refractivity contribution in [2.24, 2.45) is 5.92 Å². The van der Waals surface area contributed by atoms with Crippen LogP contribution in [-0.4, -0.2) is 34.6 Å². The Hall–Kier alpha value is -1.41. The van der Waals surface area contributed by atoms with Gasteiger partial charge in [-0.25, -0.2) is 14.8 Å². The van der Waals surface area contributed by atoms with Gasteiger partial charge < -0.3 is 15.4 Å². The van der Waals surface area contributed by atoms with E-state index >= 15 is 0 Å². The number of carbonyl (C=O) groups is 2. The van der Waals surface area contributed by atoms with Crippen molar-refractivity contribution < 1.29 is 14.3 Å². The van der Waals surface area contributed by atoms with Gasteiger partial charge in [0, 0.05) is 12.0 Å². The normalized spacial score (nSPS) is 19.7. The van der Waals surface area contributed by atoms with Crippen LogP contribution in [0.25, 0.3) is 0 Å². The Morgan fingerprint density at radius 2 is 2.23 bits per heavy atom. The summed E-state index contributed by atoms with van der Waals surface area (Å²) in [5.41, 5.74) is 0.513. The van der Waals surface area contributed by atoms with Crippen molar-refractivity contribution in [3.63, 3.8) is 0 Å². The van der Waals surface area contributed by atoms with E-state index in [0.29, 0.717) is 23.3 Å². The van der Waals surface area contributed by atoms with E-state index < -0.39 is 6.09 Å². The van der Waals surface area contributed by atoms with E-state index in [2.05, 4.69) is 36.5 Å². The van der Waals surface area contributed by atoms with Crippen LogP contribution >= 0.6 is 27.5 Å². The maximum Gasteiger partial charge on any atom is 0.407 e. The fraction of sp³-hybridized carbons (Fsp3) is 0.647. The average molecular weight is 448 g/mol. The predicted molar refractivity (Wildman–Crippen MR) is 102 cm³/mol. The molecule has 0 aliphatic heterocycles. The summed E-state index contributed by atoms with van der Waals surface area (Å²) in [5.74, 6) is -0.211. The van der Waals surface area contributed by atoms with Gasteiger partial charge >= 0.3 is 6.09 Å². The summed E-state index contributed by atoms with van der Waals surface area (Å²) in [6.45, 7) is 2.68. The Balaban J connectivity index is 1.79. The molecule has 1 aromatic rings. The Morgan fingerprint density at radius 1 is 1.42 bits per heavy atom. The molecule has 2 rings (SSSR count). The molecular weight excluding hydrogens is 424 g/mol. The Labute approximate surface area is 166 Å². The molecule has 0 saturated heterocycles. The van der Waals surface area contributed by atoms with Crippen LogP contribution in [-0.2, 0) is 16.1 Å². The van der Waals surface area contributed by atoms with Gasteiger partial charge in [-0.05, 0) is 41.6 Å². The highest BCUT2D eigenvalue weighted by Crippen LogP contribution is 2.25. The summed E-state index contributed by atoms with van der Waals surface area (Å²) in [4.78, 5) is 32.4. The molecule has 26 heavy (non-hydrogen) atoms. The number of unbranched alkanes of at least 4 members (excludes halogenated alkanes) is 1. The van der Waals surface area contributed by atoms with Crippen molar-refractivity contribution in [3.8, 4) is 0 Å². The second kappa shape index (κ2) is 10.7. The molecule has 1 saturated carbocycles. The second-order valence-corrected chi connectivity index (χ2v) is 7.51. The quantitative estimate of drug-likeness (QED) is 0.623. The molecule has 7 nitrogen and oxygen atoms in total. The van der Waals surface area contributed by atoms with E-state index in [9.17, 15) is 9.59 Å². The molecule has 1 aromatic heterocycles. The molecule has 9 heteroatoms. The molecule has 1 heterocycles. The number of carbonyl (C=O) groups excluding carboxylic acids is 2. The zero-order valence-electron chi connectivity index (χ0n) is 14.8. The lowest BCUT2D eigenvalue weighted by molar-refractivity contribution is -0.126. The van der Waals surface area contributed by atoms with E-state index in [-0.39, 0.29) is 29.6 Å². The number of rotatable bonds is 7. The van der Waals surface area contributed by atoms with Gasteiger partial charge in [0.2, 0.25) is 5.91 Å². The van der Waals surface area contributed by atoms with Crippen LogP contribution in [0.3, 0.4) is 0 Å². The number of ether oxygens (including phenoxy) is 1. The van der Waals surface area contributed by atoms with Crippen LogP contribution in [0.1, 0.15) is 51.1 Å². The van der Waals surface area contributed by atoms with Crippen LogP contribution in [0.2, 0.25) is 5.15 Å². The lowest BCUT2D eigenvalue weighted by atomic mass is 9.85. The molecule has 2 amide bonds. The van der Waals surface area contributed by atoms with Gasteiger partial charge in [-0.2, -0.15) is 0 Å². The van der Waals surface area contributed by atoms with Gasteiger partial charge in [0.25, 0.3) is 0 Å². The predicted octanol–water partition coefficient (Wildman–Crippen LogP) is 3.59.